The first-order valence-electron chi connectivity index (χ1n) is 4.49. The van der Waals surface area contributed by atoms with Gasteiger partial charge in [-0.2, -0.15) is 0 Å². The third-order valence-electron chi connectivity index (χ3n) is 2.36. The minimum atomic E-state index is -2.59. The van der Waals surface area contributed by atoms with Crippen molar-refractivity contribution in [2.24, 2.45) is 5.73 Å². The molecule has 82 valence electrons. The number of carboxylic acids is 1. The molecule has 0 aromatic carbocycles. The number of rotatable bonds is 3. The van der Waals surface area contributed by atoms with E-state index < -0.39 is 17.9 Å². The van der Waals surface area contributed by atoms with Crippen molar-refractivity contribution in [3.63, 3.8) is 0 Å². The SMILES string of the molecule is NC(CN1CCC(F)(F)CC1)C(=O)O. The third kappa shape index (κ3) is 3.19. The fraction of sp³-hybridized carbons (Fsp3) is 0.875. The fourth-order valence-electron chi connectivity index (χ4n) is 1.42. The van der Waals surface area contributed by atoms with Crippen LogP contribution in [0.4, 0.5) is 8.78 Å². The van der Waals surface area contributed by atoms with Crippen LogP contribution < -0.4 is 5.73 Å². The minimum Gasteiger partial charge on any atom is -0.480 e. The van der Waals surface area contributed by atoms with E-state index in [0.29, 0.717) is 0 Å². The number of nitrogens with zero attached hydrogens (tertiary/aromatic N) is 1. The number of nitrogens with two attached hydrogens (primary N) is 1. The van der Waals surface area contributed by atoms with Crippen molar-refractivity contribution >= 4 is 5.97 Å². The number of piperidine rings is 1. The van der Waals surface area contributed by atoms with Crippen LogP contribution in [0.3, 0.4) is 0 Å². The summed E-state index contributed by atoms with van der Waals surface area (Å²) < 4.78 is 25.4. The second-order valence-corrected chi connectivity index (χ2v) is 3.60. The molecule has 1 aliphatic rings. The number of carbonyl (C=O) groups is 1. The van der Waals surface area contributed by atoms with Crippen molar-refractivity contribution in [3.05, 3.63) is 0 Å². The molecule has 1 aliphatic heterocycles. The molecule has 0 saturated carbocycles. The van der Waals surface area contributed by atoms with Gasteiger partial charge in [0.2, 0.25) is 0 Å². The number of alkyl halides is 2. The Hall–Kier alpha value is -0.750. The second-order valence-electron chi connectivity index (χ2n) is 3.60. The highest BCUT2D eigenvalue weighted by Gasteiger charge is 2.34. The van der Waals surface area contributed by atoms with Crippen LogP contribution in [-0.4, -0.2) is 47.6 Å². The number of hydrogen-bond acceptors (Lipinski definition) is 3. The average molecular weight is 208 g/mol. The lowest BCUT2D eigenvalue weighted by molar-refractivity contribution is -0.139. The number of likely N-dealkylation sites (tertiary alicyclic amines) is 1. The van der Waals surface area contributed by atoms with Crippen LogP contribution in [0.1, 0.15) is 12.8 Å². The van der Waals surface area contributed by atoms with Gasteiger partial charge in [-0.1, -0.05) is 0 Å². The normalized spacial score (nSPS) is 24.5. The highest BCUT2D eigenvalue weighted by atomic mass is 19.3. The Morgan fingerprint density at radius 1 is 1.50 bits per heavy atom. The molecule has 14 heavy (non-hydrogen) atoms. The van der Waals surface area contributed by atoms with Crippen molar-refractivity contribution < 1.29 is 18.7 Å². The lowest BCUT2D eigenvalue weighted by Gasteiger charge is -2.32. The van der Waals surface area contributed by atoms with Gasteiger partial charge in [0.15, 0.2) is 0 Å². The van der Waals surface area contributed by atoms with Gasteiger partial charge in [0.05, 0.1) is 0 Å². The summed E-state index contributed by atoms with van der Waals surface area (Å²) in [7, 11) is 0. The first kappa shape index (κ1) is 11.3. The van der Waals surface area contributed by atoms with Crippen molar-refractivity contribution in [2.75, 3.05) is 19.6 Å². The van der Waals surface area contributed by atoms with Crippen LogP contribution in [0.25, 0.3) is 0 Å². The van der Waals surface area contributed by atoms with E-state index in [4.69, 9.17) is 10.8 Å². The van der Waals surface area contributed by atoms with E-state index in [2.05, 4.69) is 0 Å². The smallest absolute Gasteiger partial charge is 0.321 e. The molecule has 1 atom stereocenters. The molecule has 3 N–H and O–H groups in total. The zero-order valence-electron chi connectivity index (χ0n) is 7.75. The van der Waals surface area contributed by atoms with Gasteiger partial charge in [0, 0.05) is 32.5 Å². The number of halogens is 2. The molecule has 6 heteroatoms. The first-order valence-corrected chi connectivity index (χ1v) is 4.49. The van der Waals surface area contributed by atoms with Crippen molar-refractivity contribution in [3.8, 4) is 0 Å². The van der Waals surface area contributed by atoms with Crippen LogP contribution in [0.5, 0.6) is 0 Å². The Labute approximate surface area is 80.7 Å². The minimum absolute atomic E-state index is 0.144. The summed E-state index contributed by atoms with van der Waals surface area (Å²) in [6.45, 7) is 0.577. The molecule has 0 spiro atoms. The zero-order valence-corrected chi connectivity index (χ0v) is 7.75. The second kappa shape index (κ2) is 4.18. The Balaban J connectivity index is 2.32. The van der Waals surface area contributed by atoms with Crippen LogP contribution in [0.15, 0.2) is 0 Å². The molecule has 1 rings (SSSR count). The zero-order chi connectivity index (χ0) is 10.8. The van der Waals surface area contributed by atoms with Crippen LogP contribution in [-0.2, 0) is 4.79 Å². The molecular formula is C8H14F2N2O2. The van der Waals surface area contributed by atoms with Crippen molar-refractivity contribution in [1.82, 2.24) is 4.90 Å². The summed E-state index contributed by atoms with van der Waals surface area (Å²) in [5, 5.41) is 8.52. The fourth-order valence-corrected chi connectivity index (χ4v) is 1.42. The van der Waals surface area contributed by atoms with Gasteiger partial charge in [-0.05, 0) is 0 Å². The summed E-state index contributed by atoms with van der Waals surface area (Å²) in [4.78, 5) is 12.1. The van der Waals surface area contributed by atoms with Crippen LogP contribution >= 0.6 is 0 Å². The van der Waals surface area contributed by atoms with E-state index in [-0.39, 0.29) is 32.5 Å². The highest BCUT2D eigenvalue weighted by Crippen LogP contribution is 2.27. The largest absolute Gasteiger partial charge is 0.480 e. The molecule has 0 bridgehead atoms. The van der Waals surface area contributed by atoms with E-state index in [0.717, 1.165) is 0 Å². The molecule has 0 aromatic heterocycles. The van der Waals surface area contributed by atoms with Gasteiger partial charge in [0.25, 0.3) is 5.92 Å². The predicted molar refractivity (Wildman–Crippen MR) is 46.2 cm³/mol. The van der Waals surface area contributed by atoms with Gasteiger partial charge in [0.1, 0.15) is 6.04 Å². The molecule has 0 aliphatic carbocycles. The van der Waals surface area contributed by atoms with E-state index in [1.165, 1.54) is 0 Å². The predicted octanol–water partition coefficient (Wildman–Crippen LogP) is 0.129. The van der Waals surface area contributed by atoms with Gasteiger partial charge in [-0.15, -0.1) is 0 Å². The van der Waals surface area contributed by atoms with E-state index >= 15 is 0 Å². The quantitative estimate of drug-likeness (QED) is 0.691. The Bertz CT molecular complexity index is 213. The summed E-state index contributed by atoms with van der Waals surface area (Å²) in [5.41, 5.74) is 5.29. The lowest BCUT2D eigenvalue weighted by atomic mass is 10.1. The van der Waals surface area contributed by atoms with Crippen molar-refractivity contribution in [2.45, 2.75) is 24.8 Å². The average Bonchev–Trinajstić information content (AvgIpc) is 2.08. The standard InChI is InChI=1S/C8H14F2N2O2/c9-8(10)1-3-12(4-2-8)5-6(11)7(13)14/h6H,1-5,11H2,(H,13,14). The molecule has 1 unspecified atom stereocenters. The summed E-state index contributed by atoms with van der Waals surface area (Å²) in [6.07, 6.45) is -0.418. The molecular weight excluding hydrogens is 194 g/mol. The van der Waals surface area contributed by atoms with Gasteiger partial charge >= 0.3 is 5.97 Å². The van der Waals surface area contributed by atoms with Crippen molar-refractivity contribution in [1.29, 1.82) is 0 Å². The first-order chi connectivity index (χ1) is 6.41. The summed E-state index contributed by atoms with van der Waals surface area (Å²) >= 11 is 0. The van der Waals surface area contributed by atoms with E-state index in [1.54, 1.807) is 4.90 Å². The van der Waals surface area contributed by atoms with Crippen LogP contribution in [0.2, 0.25) is 0 Å². The number of hydrogen-bond donors (Lipinski definition) is 2. The van der Waals surface area contributed by atoms with E-state index in [1.807, 2.05) is 0 Å². The third-order valence-corrected chi connectivity index (χ3v) is 2.36. The maximum absolute atomic E-state index is 12.7. The summed E-state index contributed by atoms with van der Waals surface area (Å²) in [5.74, 6) is -3.69. The van der Waals surface area contributed by atoms with Gasteiger partial charge in [-0.25, -0.2) is 8.78 Å². The molecule has 4 nitrogen and oxygen atoms in total. The highest BCUT2D eigenvalue weighted by molar-refractivity contribution is 5.73. The topological polar surface area (TPSA) is 66.6 Å². The maximum Gasteiger partial charge on any atom is 0.321 e. The summed E-state index contributed by atoms with van der Waals surface area (Å²) in [6, 6.07) is -0.985. The molecule has 1 fully saturated rings. The Morgan fingerprint density at radius 2 is 2.00 bits per heavy atom. The van der Waals surface area contributed by atoms with E-state index in [9.17, 15) is 13.6 Å². The van der Waals surface area contributed by atoms with Crippen LogP contribution in [0, 0.1) is 0 Å². The monoisotopic (exact) mass is 208 g/mol. The molecule has 1 saturated heterocycles. The molecule has 0 radical (unpaired) electrons. The number of carboxylic acid groups (broad SMARTS) is 1. The Morgan fingerprint density at radius 3 is 2.43 bits per heavy atom. The lowest BCUT2D eigenvalue weighted by Crippen LogP contribution is -2.47. The Kier molecular flexibility index (Phi) is 3.38. The molecule has 0 amide bonds. The molecule has 0 aromatic rings. The number of aliphatic carboxylic acids is 1. The van der Waals surface area contributed by atoms with Gasteiger partial charge in [-0.3, -0.25) is 4.79 Å². The van der Waals surface area contributed by atoms with Gasteiger partial charge < -0.3 is 15.7 Å². The maximum atomic E-state index is 12.7. The molecule has 1 heterocycles.